The largest absolute Gasteiger partial charge is 0.436 e. The van der Waals surface area contributed by atoms with Gasteiger partial charge in [0.1, 0.15) is 5.75 Å². The minimum Gasteiger partial charge on any atom is -0.436 e. The van der Waals surface area contributed by atoms with E-state index < -0.39 is 0 Å². The van der Waals surface area contributed by atoms with Crippen LogP contribution in [-0.2, 0) is 0 Å². The van der Waals surface area contributed by atoms with Crippen LogP contribution in [0.5, 0.6) is 11.6 Å². The maximum Gasteiger partial charge on any atom is 0.240 e. The lowest BCUT2D eigenvalue weighted by atomic mass is 10.4. The van der Waals surface area contributed by atoms with Gasteiger partial charge in [0.25, 0.3) is 0 Å². The van der Waals surface area contributed by atoms with Crippen molar-refractivity contribution >= 4 is 21.9 Å². The Hall–Kier alpha value is -1.73. The summed E-state index contributed by atoms with van der Waals surface area (Å²) in [7, 11) is 0. The van der Waals surface area contributed by atoms with Crippen LogP contribution in [0.3, 0.4) is 0 Å². The number of aromatic nitrogens is 3. The highest BCUT2D eigenvalue weighted by molar-refractivity contribution is 9.10. The summed E-state index contributed by atoms with van der Waals surface area (Å²) in [5.74, 6) is 6.47. The summed E-state index contributed by atoms with van der Waals surface area (Å²) in [6.45, 7) is 1.90. The van der Waals surface area contributed by atoms with E-state index in [0.29, 0.717) is 16.1 Å². The predicted molar refractivity (Wildman–Crippen MR) is 66.6 cm³/mol. The SMILES string of the molecule is Cc1ccc(Oc2nc(NN)ncc2Br)cn1. The van der Waals surface area contributed by atoms with Gasteiger partial charge in [-0.1, -0.05) is 0 Å². The molecule has 0 aliphatic carbocycles. The second-order valence-electron chi connectivity index (χ2n) is 3.23. The molecule has 0 unspecified atom stereocenters. The van der Waals surface area contributed by atoms with E-state index in [4.69, 9.17) is 10.6 Å². The van der Waals surface area contributed by atoms with Crippen LogP contribution in [0.4, 0.5) is 5.95 Å². The molecule has 0 radical (unpaired) electrons. The molecule has 0 aromatic carbocycles. The summed E-state index contributed by atoms with van der Waals surface area (Å²) in [5.41, 5.74) is 3.27. The number of pyridine rings is 1. The first-order chi connectivity index (χ1) is 8.19. The number of aryl methyl sites for hydroxylation is 1. The average molecular weight is 296 g/mol. The van der Waals surface area contributed by atoms with Crippen LogP contribution in [0.25, 0.3) is 0 Å². The fourth-order valence-electron chi connectivity index (χ4n) is 1.12. The van der Waals surface area contributed by atoms with Crippen molar-refractivity contribution < 1.29 is 4.74 Å². The normalized spacial score (nSPS) is 10.1. The second kappa shape index (κ2) is 5.07. The van der Waals surface area contributed by atoms with E-state index in [-0.39, 0.29) is 5.95 Å². The van der Waals surface area contributed by atoms with Crippen LogP contribution in [0.1, 0.15) is 5.69 Å². The maximum absolute atomic E-state index is 5.55. The van der Waals surface area contributed by atoms with Gasteiger partial charge >= 0.3 is 0 Å². The van der Waals surface area contributed by atoms with Crippen molar-refractivity contribution in [2.45, 2.75) is 6.92 Å². The lowest BCUT2D eigenvalue weighted by Gasteiger charge is -2.07. The fourth-order valence-corrected chi connectivity index (χ4v) is 1.39. The minimum atomic E-state index is 0.281. The van der Waals surface area contributed by atoms with E-state index in [1.54, 1.807) is 12.4 Å². The number of hydrazine groups is 1. The summed E-state index contributed by atoms with van der Waals surface area (Å²) in [6, 6.07) is 3.67. The number of nitrogens with two attached hydrogens (primary N) is 1. The number of anilines is 1. The second-order valence-corrected chi connectivity index (χ2v) is 4.08. The third-order valence-electron chi connectivity index (χ3n) is 1.94. The summed E-state index contributed by atoms with van der Waals surface area (Å²) in [5, 5.41) is 0. The summed E-state index contributed by atoms with van der Waals surface area (Å²) >= 11 is 3.29. The number of nitrogens with zero attached hydrogens (tertiary/aromatic N) is 3. The fraction of sp³-hybridized carbons (Fsp3) is 0.100. The van der Waals surface area contributed by atoms with Gasteiger partial charge in [0, 0.05) is 5.69 Å². The Labute approximate surface area is 106 Å². The maximum atomic E-state index is 5.55. The molecule has 3 N–H and O–H groups in total. The highest BCUT2D eigenvalue weighted by Crippen LogP contribution is 2.27. The molecule has 2 aromatic heterocycles. The van der Waals surface area contributed by atoms with Crippen LogP contribution in [0.2, 0.25) is 0 Å². The topological polar surface area (TPSA) is 86.0 Å². The molecule has 17 heavy (non-hydrogen) atoms. The van der Waals surface area contributed by atoms with Crippen molar-refractivity contribution in [3.63, 3.8) is 0 Å². The van der Waals surface area contributed by atoms with Gasteiger partial charge in [-0.05, 0) is 35.0 Å². The van der Waals surface area contributed by atoms with Crippen LogP contribution < -0.4 is 16.0 Å². The van der Waals surface area contributed by atoms with Crippen molar-refractivity contribution in [1.82, 2.24) is 15.0 Å². The van der Waals surface area contributed by atoms with E-state index in [1.807, 2.05) is 19.1 Å². The van der Waals surface area contributed by atoms with Gasteiger partial charge in [-0.2, -0.15) is 4.98 Å². The molecule has 0 saturated heterocycles. The van der Waals surface area contributed by atoms with Gasteiger partial charge < -0.3 is 4.74 Å². The number of hydrogen-bond acceptors (Lipinski definition) is 6. The molecule has 0 aliphatic heterocycles. The van der Waals surface area contributed by atoms with Crippen LogP contribution in [0.15, 0.2) is 29.0 Å². The highest BCUT2D eigenvalue weighted by atomic mass is 79.9. The Morgan fingerprint density at radius 2 is 2.12 bits per heavy atom. The van der Waals surface area contributed by atoms with E-state index >= 15 is 0 Å². The van der Waals surface area contributed by atoms with Crippen molar-refractivity contribution in [1.29, 1.82) is 0 Å². The molecule has 7 heteroatoms. The van der Waals surface area contributed by atoms with Gasteiger partial charge in [0.15, 0.2) is 0 Å². The Morgan fingerprint density at radius 1 is 1.29 bits per heavy atom. The van der Waals surface area contributed by atoms with Gasteiger partial charge in [0.05, 0.1) is 16.9 Å². The van der Waals surface area contributed by atoms with E-state index in [2.05, 4.69) is 36.3 Å². The van der Waals surface area contributed by atoms with Crippen LogP contribution in [0, 0.1) is 6.92 Å². The Bertz CT molecular complexity index is 517. The van der Waals surface area contributed by atoms with Gasteiger partial charge in [-0.25, -0.2) is 10.8 Å². The molecule has 88 valence electrons. The summed E-state index contributed by atoms with van der Waals surface area (Å²) < 4.78 is 6.19. The number of rotatable bonds is 3. The van der Waals surface area contributed by atoms with Crippen molar-refractivity contribution in [2.24, 2.45) is 5.84 Å². The number of nitrogen functional groups attached to an aromatic ring is 1. The summed E-state index contributed by atoms with van der Waals surface area (Å²) in [6.07, 6.45) is 3.18. The number of hydrogen-bond donors (Lipinski definition) is 2. The summed E-state index contributed by atoms with van der Waals surface area (Å²) in [4.78, 5) is 12.1. The number of halogens is 1. The zero-order valence-corrected chi connectivity index (χ0v) is 10.6. The third-order valence-corrected chi connectivity index (χ3v) is 2.48. The quantitative estimate of drug-likeness (QED) is 0.665. The van der Waals surface area contributed by atoms with E-state index in [9.17, 15) is 0 Å². The number of nitrogens with one attached hydrogen (secondary N) is 1. The molecule has 0 amide bonds. The molecule has 6 nitrogen and oxygen atoms in total. The van der Waals surface area contributed by atoms with Crippen LogP contribution in [-0.4, -0.2) is 15.0 Å². The smallest absolute Gasteiger partial charge is 0.240 e. The predicted octanol–water partition coefficient (Wildman–Crippen LogP) is 2.02. The first kappa shape index (κ1) is 11.7. The van der Waals surface area contributed by atoms with E-state index in [1.165, 1.54) is 0 Å². The zero-order valence-electron chi connectivity index (χ0n) is 9.01. The first-order valence-electron chi connectivity index (χ1n) is 4.78. The molecule has 0 spiro atoms. The molecular formula is C10H10BrN5O. The molecule has 0 fully saturated rings. The molecular weight excluding hydrogens is 286 g/mol. The lowest BCUT2D eigenvalue weighted by Crippen LogP contribution is -2.10. The Balaban J connectivity index is 2.25. The Kier molecular flexibility index (Phi) is 3.50. The van der Waals surface area contributed by atoms with Crippen molar-refractivity contribution in [3.05, 3.63) is 34.7 Å². The first-order valence-corrected chi connectivity index (χ1v) is 5.58. The monoisotopic (exact) mass is 295 g/mol. The molecule has 2 heterocycles. The molecule has 0 aliphatic rings. The Morgan fingerprint density at radius 3 is 2.76 bits per heavy atom. The van der Waals surface area contributed by atoms with Crippen LogP contribution >= 0.6 is 15.9 Å². The number of ether oxygens (including phenoxy) is 1. The lowest BCUT2D eigenvalue weighted by molar-refractivity contribution is 0.456. The molecule has 0 bridgehead atoms. The zero-order chi connectivity index (χ0) is 12.3. The van der Waals surface area contributed by atoms with Crippen molar-refractivity contribution in [3.8, 4) is 11.6 Å². The molecule has 2 rings (SSSR count). The third kappa shape index (κ3) is 2.89. The minimum absolute atomic E-state index is 0.281. The van der Waals surface area contributed by atoms with Gasteiger partial charge in [0.2, 0.25) is 11.8 Å². The molecule has 2 aromatic rings. The van der Waals surface area contributed by atoms with Crippen molar-refractivity contribution in [2.75, 3.05) is 5.43 Å². The molecule has 0 atom stereocenters. The van der Waals surface area contributed by atoms with E-state index in [0.717, 1.165) is 5.69 Å². The standard InChI is InChI=1S/C10H10BrN5O/c1-6-2-3-7(4-13-6)17-9-8(11)5-14-10(15-9)16-12/h2-5H,12H2,1H3,(H,14,15,16). The van der Waals surface area contributed by atoms with Gasteiger partial charge in [-0.15, -0.1) is 0 Å². The molecule has 0 saturated carbocycles. The highest BCUT2D eigenvalue weighted by Gasteiger charge is 2.07. The van der Waals surface area contributed by atoms with Gasteiger partial charge in [-0.3, -0.25) is 10.4 Å². The average Bonchev–Trinajstić information content (AvgIpc) is 2.35.